The summed E-state index contributed by atoms with van der Waals surface area (Å²) in [6.07, 6.45) is 3.07. The summed E-state index contributed by atoms with van der Waals surface area (Å²) >= 11 is 0. The summed E-state index contributed by atoms with van der Waals surface area (Å²) in [6.45, 7) is 2.92. The van der Waals surface area contributed by atoms with Gasteiger partial charge in [-0.25, -0.2) is 0 Å². The van der Waals surface area contributed by atoms with Gasteiger partial charge in [0.05, 0.1) is 19.9 Å². The number of hydrogen-bond donors (Lipinski definition) is 0. The Morgan fingerprint density at radius 3 is 2.78 bits per heavy atom. The Morgan fingerprint density at radius 1 is 1.35 bits per heavy atom. The van der Waals surface area contributed by atoms with Crippen LogP contribution in [0.3, 0.4) is 0 Å². The third kappa shape index (κ3) is 3.41. The Bertz CT molecular complexity index is 670. The average Bonchev–Trinajstić information content (AvgIpc) is 3.01. The quantitative estimate of drug-likeness (QED) is 0.843. The molecular weight excluding hydrogens is 300 g/mol. The maximum absolute atomic E-state index is 12.5. The van der Waals surface area contributed by atoms with E-state index >= 15 is 0 Å². The Kier molecular flexibility index (Phi) is 4.40. The zero-order valence-electron chi connectivity index (χ0n) is 13.1. The lowest BCUT2D eigenvalue weighted by molar-refractivity contribution is 0.0523. The average molecular weight is 318 g/mol. The number of carbonyl (C=O) groups is 1. The topological polar surface area (TPSA) is 90.6 Å². The van der Waals surface area contributed by atoms with Crippen molar-refractivity contribution in [2.45, 2.75) is 25.9 Å². The molecule has 0 saturated carbocycles. The molecule has 0 N–H and O–H groups in total. The van der Waals surface area contributed by atoms with Gasteiger partial charge >= 0.3 is 0 Å². The molecule has 0 aliphatic carbocycles. The monoisotopic (exact) mass is 318 g/mol. The zero-order chi connectivity index (χ0) is 16.2. The molecule has 0 bridgehead atoms. The molecule has 23 heavy (non-hydrogen) atoms. The molecule has 1 aliphatic rings. The highest BCUT2D eigenvalue weighted by Gasteiger charge is 2.27. The smallest absolute Gasteiger partial charge is 0.259 e. The zero-order valence-corrected chi connectivity index (χ0v) is 13.1. The van der Waals surface area contributed by atoms with Gasteiger partial charge in [0.2, 0.25) is 11.8 Å². The number of likely N-dealkylation sites (tertiary alicyclic amines) is 1. The molecule has 0 spiro atoms. The fourth-order valence-corrected chi connectivity index (χ4v) is 2.54. The van der Waals surface area contributed by atoms with E-state index in [4.69, 9.17) is 14.0 Å². The number of ether oxygens (including phenoxy) is 2. The number of amides is 1. The van der Waals surface area contributed by atoms with Gasteiger partial charge in [-0.15, -0.1) is 10.2 Å². The van der Waals surface area contributed by atoms with Gasteiger partial charge in [0, 0.05) is 18.7 Å². The van der Waals surface area contributed by atoms with Crippen molar-refractivity contribution in [1.82, 2.24) is 20.3 Å². The largest absolute Gasteiger partial charge is 0.480 e. The lowest BCUT2D eigenvalue weighted by Crippen LogP contribution is -2.44. The Hall–Kier alpha value is -2.64. The van der Waals surface area contributed by atoms with Crippen molar-refractivity contribution in [1.29, 1.82) is 0 Å². The Labute approximate surface area is 133 Å². The first-order valence-corrected chi connectivity index (χ1v) is 7.42. The van der Waals surface area contributed by atoms with Crippen LogP contribution in [-0.4, -0.2) is 52.5 Å². The van der Waals surface area contributed by atoms with Gasteiger partial charge in [0.15, 0.2) is 0 Å². The Balaban J connectivity index is 1.63. The first kappa shape index (κ1) is 15.3. The van der Waals surface area contributed by atoms with Crippen molar-refractivity contribution in [3.05, 3.63) is 29.7 Å². The number of piperidine rings is 1. The summed E-state index contributed by atoms with van der Waals surface area (Å²) in [5, 5.41) is 11.5. The molecule has 1 aliphatic heterocycles. The third-order valence-electron chi connectivity index (χ3n) is 3.76. The van der Waals surface area contributed by atoms with Crippen molar-refractivity contribution in [2.24, 2.45) is 0 Å². The van der Waals surface area contributed by atoms with Crippen LogP contribution in [0, 0.1) is 6.92 Å². The first-order chi connectivity index (χ1) is 11.2. The lowest BCUT2D eigenvalue weighted by atomic mass is 10.1. The maximum atomic E-state index is 12.5. The molecule has 0 aromatic carbocycles. The normalized spacial score (nSPS) is 17.8. The molecule has 122 valence electrons. The first-order valence-electron chi connectivity index (χ1n) is 7.42. The maximum Gasteiger partial charge on any atom is 0.259 e. The number of nitrogens with zero attached hydrogens (tertiary/aromatic N) is 4. The predicted molar refractivity (Wildman–Crippen MR) is 79.4 cm³/mol. The number of hydrogen-bond acceptors (Lipinski definition) is 7. The van der Waals surface area contributed by atoms with Crippen LogP contribution < -0.4 is 9.47 Å². The molecule has 3 heterocycles. The van der Waals surface area contributed by atoms with Crippen LogP contribution in [-0.2, 0) is 0 Å². The van der Waals surface area contributed by atoms with Crippen LogP contribution in [0.1, 0.15) is 29.0 Å². The molecule has 1 fully saturated rings. The number of carbonyl (C=O) groups excluding carboxylic acids is 1. The van der Waals surface area contributed by atoms with Crippen LogP contribution in [0.15, 0.2) is 22.9 Å². The van der Waals surface area contributed by atoms with Crippen molar-refractivity contribution >= 4 is 5.91 Å². The molecule has 8 heteroatoms. The van der Waals surface area contributed by atoms with E-state index in [9.17, 15) is 4.79 Å². The van der Waals surface area contributed by atoms with Gasteiger partial charge < -0.3 is 18.9 Å². The van der Waals surface area contributed by atoms with E-state index in [0.29, 0.717) is 36.2 Å². The number of aryl methyl sites for hydroxylation is 1. The van der Waals surface area contributed by atoms with E-state index in [-0.39, 0.29) is 12.0 Å². The van der Waals surface area contributed by atoms with Crippen molar-refractivity contribution in [3.8, 4) is 11.8 Å². The Morgan fingerprint density at radius 2 is 2.13 bits per heavy atom. The van der Waals surface area contributed by atoms with E-state index in [0.717, 1.165) is 12.8 Å². The molecule has 3 rings (SSSR count). The van der Waals surface area contributed by atoms with E-state index < -0.39 is 0 Å². The summed E-state index contributed by atoms with van der Waals surface area (Å²) in [5.41, 5.74) is 0.495. The van der Waals surface area contributed by atoms with E-state index in [1.54, 1.807) is 24.0 Å². The van der Waals surface area contributed by atoms with Gasteiger partial charge in [-0.05, 0) is 19.8 Å². The van der Waals surface area contributed by atoms with Gasteiger partial charge in [0.1, 0.15) is 17.4 Å². The molecular formula is C15H18N4O4. The summed E-state index contributed by atoms with van der Waals surface area (Å²) in [4.78, 5) is 14.2. The second-order valence-electron chi connectivity index (χ2n) is 5.34. The standard InChI is InChI=1S/C15H18N4O4/c1-10-12(8-16-23-10)15(20)19-7-3-4-11(9-19)22-14-6-5-13(21-2)17-18-14/h5-6,8,11H,3-4,7,9H2,1-2H3. The second-order valence-corrected chi connectivity index (χ2v) is 5.34. The van der Waals surface area contributed by atoms with Crippen molar-refractivity contribution in [3.63, 3.8) is 0 Å². The van der Waals surface area contributed by atoms with Gasteiger partial charge in [-0.3, -0.25) is 4.79 Å². The fraction of sp³-hybridized carbons (Fsp3) is 0.467. The minimum absolute atomic E-state index is 0.0853. The highest BCUT2D eigenvalue weighted by Crippen LogP contribution is 2.20. The molecule has 1 unspecified atom stereocenters. The second kappa shape index (κ2) is 6.64. The summed E-state index contributed by atoms with van der Waals surface area (Å²) in [5.74, 6) is 1.30. The lowest BCUT2D eigenvalue weighted by Gasteiger charge is -2.32. The van der Waals surface area contributed by atoms with Crippen LogP contribution in [0.2, 0.25) is 0 Å². The van der Waals surface area contributed by atoms with Crippen LogP contribution in [0.4, 0.5) is 0 Å². The predicted octanol–water partition coefficient (Wildman–Crippen LogP) is 1.47. The molecule has 2 aromatic rings. The molecule has 1 atom stereocenters. The minimum atomic E-state index is -0.115. The van der Waals surface area contributed by atoms with Crippen molar-refractivity contribution < 1.29 is 18.8 Å². The fourth-order valence-electron chi connectivity index (χ4n) is 2.54. The summed E-state index contributed by atoms with van der Waals surface area (Å²) in [6, 6.07) is 3.39. The number of methoxy groups -OCH3 is 1. The third-order valence-corrected chi connectivity index (χ3v) is 3.76. The summed E-state index contributed by atoms with van der Waals surface area (Å²) < 4.78 is 15.7. The van der Waals surface area contributed by atoms with E-state index in [1.165, 1.54) is 13.3 Å². The van der Waals surface area contributed by atoms with Crippen molar-refractivity contribution in [2.75, 3.05) is 20.2 Å². The van der Waals surface area contributed by atoms with E-state index in [2.05, 4.69) is 15.4 Å². The van der Waals surface area contributed by atoms with Crippen LogP contribution in [0.5, 0.6) is 11.8 Å². The van der Waals surface area contributed by atoms with Crippen LogP contribution in [0.25, 0.3) is 0 Å². The minimum Gasteiger partial charge on any atom is -0.480 e. The van der Waals surface area contributed by atoms with Gasteiger partial charge in [-0.2, -0.15) is 0 Å². The van der Waals surface area contributed by atoms with E-state index in [1.807, 2.05) is 0 Å². The molecule has 1 saturated heterocycles. The van der Waals surface area contributed by atoms with Gasteiger partial charge in [0.25, 0.3) is 5.91 Å². The molecule has 0 radical (unpaired) electrons. The number of rotatable bonds is 4. The SMILES string of the molecule is COc1ccc(OC2CCCN(C(=O)c3cnoc3C)C2)nn1. The molecule has 8 nitrogen and oxygen atoms in total. The molecule has 1 amide bonds. The number of aromatic nitrogens is 3. The summed E-state index contributed by atoms with van der Waals surface area (Å²) in [7, 11) is 1.53. The van der Waals surface area contributed by atoms with Crippen LogP contribution >= 0.6 is 0 Å². The highest BCUT2D eigenvalue weighted by atomic mass is 16.5. The highest BCUT2D eigenvalue weighted by molar-refractivity contribution is 5.94. The molecule has 2 aromatic heterocycles. The van der Waals surface area contributed by atoms with Gasteiger partial charge in [-0.1, -0.05) is 5.16 Å².